The normalized spacial score (nSPS) is 16.0. The van der Waals surface area contributed by atoms with Crippen molar-refractivity contribution in [2.24, 2.45) is 0 Å². The molecule has 0 atom stereocenters. The Morgan fingerprint density at radius 3 is 2.46 bits per heavy atom. The van der Waals surface area contributed by atoms with E-state index in [1.165, 1.54) is 5.56 Å². The van der Waals surface area contributed by atoms with E-state index in [0.717, 1.165) is 60.6 Å². The predicted molar refractivity (Wildman–Crippen MR) is 103 cm³/mol. The van der Waals surface area contributed by atoms with Crippen LogP contribution in [0, 0.1) is 0 Å². The van der Waals surface area contributed by atoms with Gasteiger partial charge in [0.05, 0.1) is 11.0 Å². The van der Waals surface area contributed by atoms with E-state index in [0.29, 0.717) is 0 Å². The van der Waals surface area contributed by atoms with E-state index < -0.39 is 0 Å². The second-order valence-electron chi connectivity index (χ2n) is 6.28. The van der Waals surface area contributed by atoms with E-state index in [-0.39, 0.29) is 0 Å². The molecule has 0 radical (unpaired) electrons. The van der Waals surface area contributed by atoms with Crippen LogP contribution < -0.4 is 4.90 Å². The maximum Gasteiger partial charge on any atom is 0.203 e. The molecule has 4 nitrogen and oxygen atoms in total. The molecule has 124 valence electrons. The highest BCUT2D eigenvalue weighted by molar-refractivity contribution is 9.10. The number of para-hydroxylation sites is 2. The minimum atomic E-state index is 1.00. The summed E-state index contributed by atoms with van der Waals surface area (Å²) in [5, 5.41) is 0. The molecule has 1 saturated heterocycles. The SMILES string of the molecule is Brc1ccc(CCN2CCN(c3nc4ccccc4[nH]3)CC2)cc1. The van der Waals surface area contributed by atoms with Gasteiger partial charge in [0, 0.05) is 37.2 Å². The molecule has 0 saturated carbocycles. The molecule has 0 aliphatic carbocycles. The van der Waals surface area contributed by atoms with Crippen LogP contribution in [0.5, 0.6) is 0 Å². The van der Waals surface area contributed by atoms with Crippen molar-refractivity contribution < 1.29 is 0 Å². The Bertz CT molecular complexity index is 771. The number of rotatable bonds is 4. The van der Waals surface area contributed by atoms with E-state index in [1.54, 1.807) is 0 Å². The molecule has 2 aromatic carbocycles. The first-order valence-electron chi connectivity index (χ1n) is 8.44. The smallest absolute Gasteiger partial charge is 0.203 e. The summed E-state index contributed by atoms with van der Waals surface area (Å²) in [6.45, 7) is 5.36. The number of H-pyrrole nitrogens is 1. The van der Waals surface area contributed by atoms with Gasteiger partial charge in [0.2, 0.25) is 5.95 Å². The van der Waals surface area contributed by atoms with Crippen LogP contribution in [0.4, 0.5) is 5.95 Å². The molecule has 0 bridgehead atoms. The Morgan fingerprint density at radius 1 is 0.958 bits per heavy atom. The molecule has 0 amide bonds. The van der Waals surface area contributed by atoms with Crippen LogP contribution in [0.3, 0.4) is 0 Å². The lowest BCUT2D eigenvalue weighted by Crippen LogP contribution is -2.47. The van der Waals surface area contributed by atoms with Gasteiger partial charge in [-0.1, -0.05) is 40.2 Å². The summed E-state index contributed by atoms with van der Waals surface area (Å²) in [5.74, 6) is 1.00. The van der Waals surface area contributed by atoms with Crippen LogP contribution in [0.2, 0.25) is 0 Å². The highest BCUT2D eigenvalue weighted by Gasteiger charge is 2.19. The van der Waals surface area contributed by atoms with Crippen molar-refractivity contribution >= 4 is 32.9 Å². The largest absolute Gasteiger partial charge is 0.340 e. The van der Waals surface area contributed by atoms with E-state index in [4.69, 9.17) is 4.98 Å². The van der Waals surface area contributed by atoms with Gasteiger partial charge < -0.3 is 9.88 Å². The summed E-state index contributed by atoms with van der Waals surface area (Å²) < 4.78 is 1.14. The minimum absolute atomic E-state index is 1.00. The molecule has 5 heteroatoms. The van der Waals surface area contributed by atoms with Gasteiger partial charge in [-0.15, -0.1) is 0 Å². The lowest BCUT2D eigenvalue weighted by Gasteiger charge is -2.34. The summed E-state index contributed by atoms with van der Waals surface area (Å²) in [7, 11) is 0. The van der Waals surface area contributed by atoms with Crippen LogP contribution in [0.1, 0.15) is 5.56 Å². The van der Waals surface area contributed by atoms with E-state index in [2.05, 4.69) is 67.1 Å². The number of benzene rings is 2. The first-order chi connectivity index (χ1) is 11.8. The molecule has 3 aromatic rings. The molecule has 0 unspecified atom stereocenters. The lowest BCUT2D eigenvalue weighted by atomic mass is 10.1. The second kappa shape index (κ2) is 6.95. The van der Waals surface area contributed by atoms with Gasteiger partial charge in [0.1, 0.15) is 0 Å². The molecule has 1 N–H and O–H groups in total. The topological polar surface area (TPSA) is 35.2 Å². The summed E-state index contributed by atoms with van der Waals surface area (Å²) in [4.78, 5) is 13.0. The second-order valence-corrected chi connectivity index (χ2v) is 7.20. The van der Waals surface area contributed by atoms with E-state index in [9.17, 15) is 0 Å². The maximum atomic E-state index is 4.71. The fraction of sp³-hybridized carbons (Fsp3) is 0.316. The number of hydrogen-bond donors (Lipinski definition) is 1. The van der Waals surface area contributed by atoms with E-state index in [1.807, 2.05) is 12.1 Å². The van der Waals surface area contributed by atoms with Gasteiger partial charge in [-0.2, -0.15) is 0 Å². The number of nitrogens with zero attached hydrogens (tertiary/aromatic N) is 3. The number of fused-ring (bicyclic) bond motifs is 1. The zero-order chi connectivity index (χ0) is 16.4. The maximum absolute atomic E-state index is 4.71. The Labute approximate surface area is 150 Å². The number of aromatic amines is 1. The Kier molecular flexibility index (Phi) is 4.54. The van der Waals surface area contributed by atoms with Crippen molar-refractivity contribution in [1.82, 2.24) is 14.9 Å². The van der Waals surface area contributed by atoms with Crippen molar-refractivity contribution in [3.8, 4) is 0 Å². The van der Waals surface area contributed by atoms with E-state index >= 15 is 0 Å². The van der Waals surface area contributed by atoms with Crippen LogP contribution in [0.15, 0.2) is 53.0 Å². The summed E-state index contributed by atoms with van der Waals surface area (Å²) in [6.07, 6.45) is 1.11. The highest BCUT2D eigenvalue weighted by Crippen LogP contribution is 2.18. The average molecular weight is 385 g/mol. The van der Waals surface area contributed by atoms with Crippen LogP contribution in [-0.4, -0.2) is 47.6 Å². The number of halogens is 1. The monoisotopic (exact) mass is 384 g/mol. The van der Waals surface area contributed by atoms with Crippen LogP contribution >= 0.6 is 15.9 Å². The molecule has 24 heavy (non-hydrogen) atoms. The summed E-state index contributed by atoms with van der Waals surface area (Å²) in [5.41, 5.74) is 3.56. The summed E-state index contributed by atoms with van der Waals surface area (Å²) >= 11 is 3.49. The number of nitrogens with one attached hydrogen (secondary N) is 1. The molecule has 1 aromatic heterocycles. The average Bonchev–Trinajstić information content (AvgIpc) is 3.06. The first kappa shape index (κ1) is 15.7. The molecular formula is C19H21BrN4. The van der Waals surface area contributed by atoms with Crippen LogP contribution in [-0.2, 0) is 6.42 Å². The predicted octanol–water partition coefficient (Wildman–Crippen LogP) is 3.69. The molecule has 1 aliphatic rings. The van der Waals surface area contributed by atoms with Gasteiger partial charge in [0.25, 0.3) is 0 Å². The zero-order valence-electron chi connectivity index (χ0n) is 13.6. The van der Waals surface area contributed by atoms with Gasteiger partial charge in [-0.05, 0) is 36.2 Å². The number of aromatic nitrogens is 2. The van der Waals surface area contributed by atoms with Crippen molar-refractivity contribution in [2.75, 3.05) is 37.6 Å². The molecule has 0 spiro atoms. The zero-order valence-corrected chi connectivity index (χ0v) is 15.2. The minimum Gasteiger partial charge on any atom is -0.340 e. The summed E-state index contributed by atoms with van der Waals surface area (Å²) in [6, 6.07) is 16.9. The van der Waals surface area contributed by atoms with Gasteiger partial charge in [-0.25, -0.2) is 4.98 Å². The Hall–Kier alpha value is -1.85. The lowest BCUT2D eigenvalue weighted by molar-refractivity contribution is 0.260. The molecule has 1 fully saturated rings. The third-order valence-corrected chi connectivity index (χ3v) is 5.21. The molecule has 1 aliphatic heterocycles. The third-order valence-electron chi connectivity index (χ3n) is 4.68. The third kappa shape index (κ3) is 3.47. The Balaban J connectivity index is 1.32. The molecule has 2 heterocycles. The first-order valence-corrected chi connectivity index (χ1v) is 9.24. The number of anilines is 1. The number of hydrogen-bond acceptors (Lipinski definition) is 3. The van der Waals surface area contributed by atoms with Crippen molar-refractivity contribution in [3.05, 3.63) is 58.6 Å². The standard InChI is InChI=1S/C19H21BrN4/c20-16-7-5-15(6-8-16)9-10-23-11-13-24(14-12-23)19-21-17-3-1-2-4-18(17)22-19/h1-8H,9-14H2,(H,21,22). The fourth-order valence-corrected chi connectivity index (χ4v) is 3.48. The molecular weight excluding hydrogens is 364 g/mol. The van der Waals surface area contributed by atoms with Crippen molar-refractivity contribution in [1.29, 1.82) is 0 Å². The quantitative estimate of drug-likeness (QED) is 0.744. The number of imidazole rings is 1. The van der Waals surface area contributed by atoms with Gasteiger partial charge >= 0.3 is 0 Å². The fourth-order valence-electron chi connectivity index (χ4n) is 3.21. The highest BCUT2D eigenvalue weighted by atomic mass is 79.9. The van der Waals surface area contributed by atoms with Gasteiger partial charge in [-0.3, -0.25) is 4.90 Å². The van der Waals surface area contributed by atoms with Crippen LogP contribution in [0.25, 0.3) is 11.0 Å². The van der Waals surface area contributed by atoms with Crippen molar-refractivity contribution in [3.63, 3.8) is 0 Å². The number of piperazine rings is 1. The molecule has 4 rings (SSSR count). The Morgan fingerprint density at radius 2 is 1.71 bits per heavy atom. The van der Waals surface area contributed by atoms with Crippen molar-refractivity contribution in [2.45, 2.75) is 6.42 Å². The van der Waals surface area contributed by atoms with Gasteiger partial charge in [0.15, 0.2) is 0 Å².